The van der Waals surface area contributed by atoms with Gasteiger partial charge in [0.1, 0.15) is 5.41 Å². The number of esters is 1. The van der Waals surface area contributed by atoms with E-state index in [-0.39, 0.29) is 35.2 Å². The maximum Gasteiger partial charge on any atom is 0.318 e. The fourth-order valence-corrected chi connectivity index (χ4v) is 5.41. The largest absolute Gasteiger partial charge is 0.468 e. The lowest BCUT2D eigenvalue weighted by molar-refractivity contribution is -0.182. The molecule has 0 aromatic rings. The average Bonchev–Trinajstić information content (AvgIpc) is 3.08. The number of carbonyl (C=O) groups is 1. The van der Waals surface area contributed by atoms with Crippen LogP contribution in [0.1, 0.15) is 40.5 Å². The van der Waals surface area contributed by atoms with Crippen LogP contribution < -0.4 is 0 Å². The normalized spacial score (nSPS) is 53.8. The van der Waals surface area contributed by atoms with Gasteiger partial charge in [-0.1, -0.05) is 20.8 Å². The fourth-order valence-electron chi connectivity index (χ4n) is 5.41. The van der Waals surface area contributed by atoms with Crippen LogP contribution in [0.4, 0.5) is 0 Å². The topological polar surface area (TPSA) is 48.0 Å². The summed E-state index contributed by atoms with van der Waals surface area (Å²) in [6.45, 7) is 9.29. The lowest BCUT2D eigenvalue weighted by Crippen LogP contribution is -2.45. The van der Waals surface area contributed by atoms with Crippen molar-refractivity contribution in [3.63, 3.8) is 0 Å². The molecule has 2 saturated carbocycles. The molecular weight excluding hydrogens is 270 g/mol. The molecule has 4 fully saturated rings. The van der Waals surface area contributed by atoms with Crippen molar-refractivity contribution in [1.29, 1.82) is 0 Å². The highest BCUT2D eigenvalue weighted by molar-refractivity contribution is 5.77. The first-order valence-electron chi connectivity index (χ1n) is 7.92. The first-order chi connectivity index (χ1) is 9.77. The molecule has 2 aliphatic heterocycles. The highest BCUT2D eigenvalue weighted by Crippen LogP contribution is 2.70. The van der Waals surface area contributed by atoms with Crippen LogP contribution >= 0.6 is 0 Å². The summed E-state index contributed by atoms with van der Waals surface area (Å²) in [7, 11) is 1.43. The van der Waals surface area contributed by atoms with Gasteiger partial charge in [0.05, 0.1) is 25.9 Å². The first-order valence-corrected chi connectivity index (χ1v) is 7.92. The molecule has 4 aliphatic rings. The van der Waals surface area contributed by atoms with Gasteiger partial charge in [0, 0.05) is 5.41 Å². The second-order valence-electron chi connectivity index (χ2n) is 8.23. The number of nitrogens with zero attached hydrogens (tertiary/aromatic N) is 1. The number of ether oxygens (including phenoxy) is 2. The lowest BCUT2D eigenvalue weighted by atomic mass is 9.70. The van der Waals surface area contributed by atoms with Gasteiger partial charge in [-0.25, -0.2) is 0 Å². The van der Waals surface area contributed by atoms with E-state index in [1.54, 1.807) is 0 Å². The summed E-state index contributed by atoms with van der Waals surface area (Å²) < 4.78 is 11.4. The third kappa shape index (κ3) is 1.32. The zero-order chi connectivity index (χ0) is 15.2. The Hall–Kier alpha value is -0.650. The van der Waals surface area contributed by atoms with Crippen molar-refractivity contribution >= 4 is 5.97 Å². The number of hydroxylamine groups is 2. The molecule has 2 bridgehead atoms. The van der Waals surface area contributed by atoms with E-state index in [1.807, 2.05) is 12.0 Å². The van der Waals surface area contributed by atoms with E-state index in [1.165, 1.54) is 20.0 Å². The van der Waals surface area contributed by atoms with E-state index in [0.29, 0.717) is 12.5 Å². The maximum absolute atomic E-state index is 12.2. The Morgan fingerprint density at radius 2 is 2.00 bits per heavy atom. The Labute approximate surface area is 125 Å². The summed E-state index contributed by atoms with van der Waals surface area (Å²) >= 11 is 0. The molecule has 5 nitrogen and oxygen atoms in total. The van der Waals surface area contributed by atoms with Crippen LogP contribution in [0.3, 0.4) is 0 Å². The van der Waals surface area contributed by atoms with Crippen LogP contribution in [-0.4, -0.2) is 43.1 Å². The molecule has 0 amide bonds. The molecule has 6 atom stereocenters. The molecule has 118 valence electrons. The van der Waals surface area contributed by atoms with Crippen molar-refractivity contribution < 1.29 is 19.1 Å². The maximum atomic E-state index is 12.2. The standard InChI is InChI=1S/C16H25NO4/c1-14(2)9-6-7-16(14,4)11-10(9)17-12(21-11)15(3,8-20-17)13(18)19-5/h9-12H,6-8H2,1-5H3/t9-,10-,11-,12+,15+,16+/m1/s1. The van der Waals surface area contributed by atoms with Gasteiger partial charge >= 0.3 is 5.97 Å². The zero-order valence-corrected chi connectivity index (χ0v) is 13.5. The zero-order valence-electron chi connectivity index (χ0n) is 13.5. The molecule has 0 N–H and O–H groups in total. The SMILES string of the molecule is COC(=O)[C@@]1(C)CON2[C@@H]3[C@H]4CC[C@@](C)([C@@H]3O[C@H]21)C4(C)C. The molecule has 4 rings (SSSR count). The van der Waals surface area contributed by atoms with Crippen LogP contribution in [0.25, 0.3) is 0 Å². The van der Waals surface area contributed by atoms with Crippen molar-refractivity contribution in [3.8, 4) is 0 Å². The van der Waals surface area contributed by atoms with Crippen molar-refractivity contribution in [2.24, 2.45) is 22.2 Å². The summed E-state index contributed by atoms with van der Waals surface area (Å²) in [6, 6.07) is 0.273. The van der Waals surface area contributed by atoms with Gasteiger partial charge in [0.25, 0.3) is 0 Å². The number of rotatable bonds is 1. The highest BCUT2D eigenvalue weighted by atomic mass is 16.7. The Morgan fingerprint density at radius 1 is 1.29 bits per heavy atom. The molecule has 0 unspecified atom stereocenters. The van der Waals surface area contributed by atoms with Crippen LogP contribution in [0, 0.1) is 22.2 Å². The quantitative estimate of drug-likeness (QED) is 0.692. The van der Waals surface area contributed by atoms with E-state index in [4.69, 9.17) is 14.3 Å². The van der Waals surface area contributed by atoms with E-state index >= 15 is 0 Å². The van der Waals surface area contributed by atoms with Crippen molar-refractivity contribution in [2.45, 2.75) is 58.9 Å². The second kappa shape index (κ2) is 3.81. The van der Waals surface area contributed by atoms with Gasteiger partial charge in [-0.05, 0) is 31.1 Å². The molecule has 2 heterocycles. The first kappa shape index (κ1) is 14.0. The fraction of sp³-hybridized carbons (Fsp3) is 0.938. The summed E-state index contributed by atoms with van der Waals surface area (Å²) in [5, 5.41) is 1.98. The van der Waals surface area contributed by atoms with Crippen molar-refractivity contribution in [1.82, 2.24) is 5.06 Å². The minimum absolute atomic E-state index is 0.153. The Balaban J connectivity index is 1.70. The van der Waals surface area contributed by atoms with E-state index < -0.39 is 5.41 Å². The van der Waals surface area contributed by atoms with Gasteiger partial charge in [0.2, 0.25) is 0 Å². The molecule has 2 saturated heterocycles. The Bertz CT molecular complexity index is 507. The lowest BCUT2D eigenvalue weighted by Gasteiger charge is -2.39. The van der Waals surface area contributed by atoms with E-state index in [2.05, 4.69) is 20.8 Å². The van der Waals surface area contributed by atoms with Crippen LogP contribution in [0.2, 0.25) is 0 Å². The Kier molecular flexibility index (Phi) is 2.54. The number of hydrogen-bond acceptors (Lipinski definition) is 5. The number of fused-ring (bicyclic) bond motifs is 7. The van der Waals surface area contributed by atoms with Gasteiger partial charge < -0.3 is 9.47 Å². The predicted molar refractivity (Wildman–Crippen MR) is 75.0 cm³/mol. The highest BCUT2D eigenvalue weighted by Gasteiger charge is 2.75. The van der Waals surface area contributed by atoms with Gasteiger partial charge in [0.15, 0.2) is 6.23 Å². The molecule has 0 aromatic heterocycles. The Morgan fingerprint density at radius 3 is 2.67 bits per heavy atom. The minimum Gasteiger partial charge on any atom is -0.468 e. The monoisotopic (exact) mass is 295 g/mol. The minimum atomic E-state index is -0.723. The van der Waals surface area contributed by atoms with Crippen LogP contribution in [0.5, 0.6) is 0 Å². The summed E-state index contributed by atoms with van der Waals surface area (Å²) in [5.41, 5.74) is -0.312. The van der Waals surface area contributed by atoms with E-state index in [0.717, 1.165) is 0 Å². The second-order valence-corrected chi connectivity index (χ2v) is 8.23. The third-order valence-corrected chi connectivity index (χ3v) is 7.23. The van der Waals surface area contributed by atoms with Crippen molar-refractivity contribution in [3.05, 3.63) is 0 Å². The summed E-state index contributed by atoms with van der Waals surface area (Å²) in [6.07, 6.45) is 2.26. The van der Waals surface area contributed by atoms with Gasteiger partial charge in [-0.2, -0.15) is 5.06 Å². The molecule has 0 spiro atoms. The van der Waals surface area contributed by atoms with Crippen molar-refractivity contribution in [2.75, 3.05) is 13.7 Å². The molecule has 0 radical (unpaired) electrons. The molecule has 2 aliphatic carbocycles. The third-order valence-electron chi connectivity index (χ3n) is 7.23. The summed E-state index contributed by atoms with van der Waals surface area (Å²) in [4.78, 5) is 18.1. The number of methoxy groups -OCH3 is 1. The molecule has 21 heavy (non-hydrogen) atoms. The van der Waals surface area contributed by atoms with Gasteiger partial charge in [-0.3, -0.25) is 9.63 Å². The van der Waals surface area contributed by atoms with Gasteiger partial charge in [-0.15, -0.1) is 0 Å². The molecule has 0 aromatic carbocycles. The predicted octanol–water partition coefficient (Wildman–Crippen LogP) is 1.96. The van der Waals surface area contributed by atoms with E-state index in [9.17, 15) is 4.79 Å². The molecular formula is C16H25NO4. The average molecular weight is 295 g/mol. The molecule has 5 heteroatoms. The van der Waals surface area contributed by atoms with Crippen LogP contribution in [0.15, 0.2) is 0 Å². The number of hydrogen-bond donors (Lipinski definition) is 0. The number of carbonyl (C=O) groups excluding carboxylic acids is 1. The summed E-state index contributed by atoms with van der Waals surface area (Å²) in [5.74, 6) is 0.323. The van der Waals surface area contributed by atoms with Crippen LogP contribution in [-0.2, 0) is 19.1 Å². The smallest absolute Gasteiger partial charge is 0.318 e.